The Balaban J connectivity index is 2.44. The number of amides is 2. The van der Waals surface area contributed by atoms with Crippen LogP contribution in [0.25, 0.3) is 0 Å². The van der Waals surface area contributed by atoms with Gasteiger partial charge >= 0.3 is 0 Å². The Morgan fingerprint density at radius 3 is 1.74 bits per heavy atom. The van der Waals surface area contributed by atoms with Crippen molar-refractivity contribution in [2.45, 2.75) is 85.7 Å². The first-order chi connectivity index (χ1) is 19.9. The summed E-state index contributed by atoms with van der Waals surface area (Å²) >= 11 is 0. The largest absolute Gasteiger partial charge is 0.379 e. The molecule has 1 rings (SSSR count). The van der Waals surface area contributed by atoms with E-state index >= 15 is 0 Å². The van der Waals surface area contributed by atoms with Crippen LogP contribution in [0.5, 0.6) is 0 Å². The average Bonchev–Trinajstić information content (AvgIpc) is 3.35. The highest BCUT2D eigenvalue weighted by atomic mass is 16.5. The smallest absolute Gasteiger partial charge is 0.226 e. The van der Waals surface area contributed by atoms with Crippen molar-refractivity contribution in [2.24, 2.45) is 28.0 Å². The van der Waals surface area contributed by atoms with Crippen molar-refractivity contribution in [3.8, 4) is 0 Å². The van der Waals surface area contributed by atoms with Gasteiger partial charge in [-0.25, -0.2) is 0 Å². The number of carbonyl (C=O) groups excluding carboxylic acids is 5. The first-order valence-corrected chi connectivity index (χ1v) is 14.9. The number of azo groups is 1. The summed E-state index contributed by atoms with van der Waals surface area (Å²) in [7, 11) is 0. The van der Waals surface area contributed by atoms with Crippen LogP contribution in [0.1, 0.15) is 73.6 Å². The van der Waals surface area contributed by atoms with Crippen LogP contribution in [-0.4, -0.2) is 87.4 Å². The Morgan fingerprint density at radius 1 is 0.738 bits per heavy atom. The Hall–Kier alpha value is -2.83. The molecule has 12 heteroatoms. The van der Waals surface area contributed by atoms with Gasteiger partial charge in [-0.05, 0) is 6.08 Å². The molecule has 1 atom stereocenters. The SMILES string of the molecule is CC(C)C(=O)CCOCCNC(=O)CC1=CC(CC(=O)NC(COCCC(=O)C(C)C)COCCC(=O)C(C)C)N=N1. The van der Waals surface area contributed by atoms with Crippen molar-refractivity contribution in [1.29, 1.82) is 0 Å². The van der Waals surface area contributed by atoms with Crippen molar-refractivity contribution in [3.63, 3.8) is 0 Å². The summed E-state index contributed by atoms with van der Waals surface area (Å²) in [5, 5.41) is 13.7. The minimum absolute atomic E-state index is 0.0172. The molecular formula is C30H50N4O8. The number of ether oxygens (including phenoxy) is 3. The third-order valence-electron chi connectivity index (χ3n) is 6.44. The number of hydrogen-bond acceptors (Lipinski definition) is 10. The highest BCUT2D eigenvalue weighted by molar-refractivity contribution is 5.81. The van der Waals surface area contributed by atoms with Crippen molar-refractivity contribution in [3.05, 3.63) is 11.8 Å². The fraction of sp³-hybridized carbons (Fsp3) is 0.767. The molecule has 1 aliphatic heterocycles. The van der Waals surface area contributed by atoms with E-state index in [2.05, 4.69) is 20.9 Å². The number of nitrogens with zero attached hydrogens (tertiary/aromatic N) is 2. The maximum Gasteiger partial charge on any atom is 0.226 e. The molecule has 0 aliphatic carbocycles. The van der Waals surface area contributed by atoms with Crippen LogP contribution >= 0.6 is 0 Å². The molecule has 1 aliphatic rings. The summed E-state index contributed by atoms with van der Waals surface area (Å²) in [6, 6.07) is -0.969. The highest BCUT2D eigenvalue weighted by Gasteiger charge is 2.21. The van der Waals surface area contributed by atoms with Gasteiger partial charge in [0.25, 0.3) is 0 Å². The van der Waals surface area contributed by atoms with E-state index in [0.29, 0.717) is 31.9 Å². The molecular weight excluding hydrogens is 544 g/mol. The Bertz CT molecular complexity index is 918. The van der Waals surface area contributed by atoms with Gasteiger partial charge in [-0.2, -0.15) is 10.2 Å². The highest BCUT2D eigenvalue weighted by Crippen LogP contribution is 2.18. The van der Waals surface area contributed by atoms with Crippen LogP contribution in [0, 0.1) is 17.8 Å². The third kappa shape index (κ3) is 17.2. The first kappa shape index (κ1) is 37.2. The fourth-order valence-corrected chi connectivity index (χ4v) is 3.67. The van der Waals surface area contributed by atoms with Gasteiger partial charge in [0.2, 0.25) is 11.8 Å². The normalized spacial score (nSPS) is 14.6. The number of nitrogens with one attached hydrogen (secondary N) is 2. The number of Topliss-reactive ketones (excluding diaryl/α,β-unsaturated/α-hetero) is 3. The lowest BCUT2D eigenvalue weighted by molar-refractivity contribution is -0.125. The molecule has 1 unspecified atom stereocenters. The molecule has 0 aromatic carbocycles. The van der Waals surface area contributed by atoms with E-state index in [4.69, 9.17) is 14.2 Å². The van der Waals surface area contributed by atoms with Gasteiger partial charge in [0.1, 0.15) is 23.4 Å². The second-order valence-corrected chi connectivity index (χ2v) is 11.3. The molecule has 1 heterocycles. The zero-order chi connectivity index (χ0) is 31.5. The minimum Gasteiger partial charge on any atom is -0.379 e. The summed E-state index contributed by atoms with van der Waals surface area (Å²) in [6.45, 7) is 12.8. The molecule has 0 aromatic rings. The van der Waals surface area contributed by atoms with E-state index in [9.17, 15) is 24.0 Å². The maximum absolute atomic E-state index is 12.7. The molecule has 0 radical (unpaired) electrons. The first-order valence-electron chi connectivity index (χ1n) is 14.9. The minimum atomic E-state index is -0.496. The second kappa shape index (κ2) is 21.0. The topological polar surface area (TPSA) is 162 Å². The standard InChI is InChI=1S/C30H50N4O8/c1-20(2)26(35)7-11-40-14-10-31-29(38)16-23-15-24(34-33-23)17-30(39)32-25(18-41-12-8-27(36)21(3)4)19-42-13-9-28(37)22(5)6/h15,20-22,24-25H,7-14,16-19H2,1-6H3,(H,31,38)(H,32,39). The van der Waals surface area contributed by atoms with E-state index in [1.807, 2.05) is 41.5 Å². The zero-order valence-electron chi connectivity index (χ0n) is 26.1. The predicted octanol–water partition coefficient (Wildman–Crippen LogP) is 2.98. The molecule has 0 bridgehead atoms. The number of carbonyl (C=O) groups is 5. The van der Waals surface area contributed by atoms with Gasteiger partial charge < -0.3 is 24.8 Å². The van der Waals surface area contributed by atoms with Crippen molar-refractivity contribution < 1.29 is 38.2 Å². The quantitative estimate of drug-likeness (QED) is 0.161. The van der Waals surface area contributed by atoms with Crippen molar-refractivity contribution in [2.75, 3.05) is 46.2 Å². The summed E-state index contributed by atoms with van der Waals surface area (Å²) < 4.78 is 16.7. The molecule has 0 fully saturated rings. The molecule has 0 spiro atoms. The average molecular weight is 595 g/mol. The van der Waals surface area contributed by atoms with Gasteiger partial charge in [0.15, 0.2) is 0 Å². The predicted molar refractivity (Wildman–Crippen MR) is 157 cm³/mol. The van der Waals surface area contributed by atoms with Crippen LogP contribution in [-0.2, 0) is 38.2 Å². The molecule has 0 saturated carbocycles. The van der Waals surface area contributed by atoms with Gasteiger partial charge in [0.05, 0.1) is 64.2 Å². The van der Waals surface area contributed by atoms with Gasteiger partial charge in [-0.15, -0.1) is 0 Å². The zero-order valence-corrected chi connectivity index (χ0v) is 26.1. The lowest BCUT2D eigenvalue weighted by atomic mass is 10.1. The van der Waals surface area contributed by atoms with E-state index in [0.717, 1.165) is 0 Å². The number of rotatable bonds is 24. The second-order valence-electron chi connectivity index (χ2n) is 11.3. The van der Waals surface area contributed by atoms with Crippen LogP contribution in [0.2, 0.25) is 0 Å². The Labute approximate surface area is 249 Å². The molecule has 2 amide bonds. The van der Waals surface area contributed by atoms with E-state index < -0.39 is 12.1 Å². The van der Waals surface area contributed by atoms with Crippen LogP contribution in [0.4, 0.5) is 0 Å². The lowest BCUT2D eigenvalue weighted by Crippen LogP contribution is -2.42. The summed E-state index contributed by atoms with van der Waals surface area (Å²) in [5.74, 6) is -0.339. The summed E-state index contributed by atoms with van der Waals surface area (Å²) in [4.78, 5) is 60.2. The van der Waals surface area contributed by atoms with E-state index in [1.165, 1.54) is 0 Å². The van der Waals surface area contributed by atoms with E-state index in [-0.39, 0.29) is 99.0 Å². The van der Waals surface area contributed by atoms with Crippen LogP contribution in [0.15, 0.2) is 22.0 Å². The molecule has 238 valence electrons. The number of hydrogen-bond donors (Lipinski definition) is 2. The Kier molecular flexibility index (Phi) is 18.6. The molecule has 2 N–H and O–H groups in total. The van der Waals surface area contributed by atoms with Crippen LogP contribution in [0.3, 0.4) is 0 Å². The molecule has 42 heavy (non-hydrogen) atoms. The fourth-order valence-electron chi connectivity index (χ4n) is 3.67. The third-order valence-corrected chi connectivity index (χ3v) is 6.44. The molecule has 12 nitrogen and oxygen atoms in total. The summed E-state index contributed by atoms with van der Waals surface area (Å²) in [5.41, 5.74) is 0.474. The lowest BCUT2D eigenvalue weighted by Gasteiger charge is -2.19. The summed E-state index contributed by atoms with van der Waals surface area (Å²) in [6.07, 6.45) is 2.68. The van der Waals surface area contributed by atoms with Crippen molar-refractivity contribution >= 4 is 29.2 Å². The molecule has 0 aromatic heterocycles. The van der Waals surface area contributed by atoms with E-state index in [1.54, 1.807) is 6.08 Å². The van der Waals surface area contributed by atoms with Gasteiger partial charge in [0, 0.05) is 43.6 Å². The van der Waals surface area contributed by atoms with Crippen LogP contribution < -0.4 is 10.6 Å². The van der Waals surface area contributed by atoms with Gasteiger partial charge in [-0.3, -0.25) is 24.0 Å². The number of ketones is 3. The van der Waals surface area contributed by atoms with Crippen molar-refractivity contribution in [1.82, 2.24) is 10.6 Å². The molecule has 0 saturated heterocycles. The maximum atomic E-state index is 12.7. The Morgan fingerprint density at radius 2 is 1.24 bits per heavy atom. The van der Waals surface area contributed by atoms with Gasteiger partial charge in [-0.1, -0.05) is 41.5 Å². The monoisotopic (exact) mass is 594 g/mol.